The second-order valence-corrected chi connectivity index (χ2v) is 7.72. The zero-order valence-corrected chi connectivity index (χ0v) is 19.9. The highest BCUT2D eigenvalue weighted by Crippen LogP contribution is 2.23. The molecule has 0 aliphatic rings. The fourth-order valence-electron chi connectivity index (χ4n) is 2.43. The van der Waals surface area contributed by atoms with Gasteiger partial charge in [0.2, 0.25) is 0 Å². The van der Waals surface area contributed by atoms with E-state index in [0.717, 1.165) is 33.7 Å². The van der Waals surface area contributed by atoms with Crippen LogP contribution in [0.15, 0.2) is 60.2 Å². The molecule has 1 aromatic heterocycles. The molecule has 0 bridgehead atoms. The van der Waals surface area contributed by atoms with Gasteiger partial charge < -0.3 is 4.98 Å². The Labute approximate surface area is 185 Å². The predicted molar refractivity (Wildman–Crippen MR) is 134 cm³/mol. The molecule has 3 heteroatoms. The van der Waals surface area contributed by atoms with Crippen molar-refractivity contribution in [2.24, 2.45) is 5.92 Å². The second-order valence-electron chi connectivity index (χ2n) is 7.72. The van der Waals surface area contributed by atoms with Crippen molar-refractivity contribution in [1.29, 1.82) is 0 Å². The van der Waals surface area contributed by atoms with Crippen LogP contribution < -0.4 is 0 Å². The molecule has 2 nitrogen and oxygen atoms in total. The van der Waals surface area contributed by atoms with Crippen molar-refractivity contribution < 1.29 is 12.0 Å². The van der Waals surface area contributed by atoms with Crippen LogP contribution in [0.1, 0.15) is 69.0 Å². The van der Waals surface area contributed by atoms with Crippen LogP contribution in [0.3, 0.4) is 0 Å². The normalized spacial score (nSPS) is 11.3. The molecular formula is C27H42FNO. The van der Waals surface area contributed by atoms with Crippen molar-refractivity contribution in [2.45, 2.75) is 61.8 Å². The van der Waals surface area contributed by atoms with Gasteiger partial charge in [0.05, 0.1) is 0 Å². The maximum atomic E-state index is 12.9. The summed E-state index contributed by atoms with van der Waals surface area (Å²) in [4.78, 5) is 13.9. The van der Waals surface area contributed by atoms with Crippen LogP contribution in [0.5, 0.6) is 0 Å². The molecule has 0 unspecified atom stereocenters. The van der Waals surface area contributed by atoms with Gasteiger partial charge >= 0.3 is 0 Å². The summed E-state index contributed by atoms with van der Waals surface area (Å²) < 4.78 is 12.9. The van der Waals surface area contributed by atoms with Gasteiger partial charge in [-0.05, 0) is 80.6 Å². The third-order valence-corrected chi connectivity index (χ3v) is 4.05. The largest absolute Gasteiger partial charge is 0.358 e. The minimum Gasteiger partial charge on any atom is -0.358 e. The third-order valence-electron chi connectivity index (χ3n) is 4.05. The Morgan fingerprint density at radius 3 is 2.10 bits per heavy atom. The lowest BCUT2D eigenvalue weighted by Crippen LogP contribution is -1.93. The molecule has 0 saturated heterocycles. The Hall–Kier alpha value is -2.68. The third kappa shape index (κ3) is 10.8. The van der Waals surface area contributed by atoms with Crippen LogP contribution in [-0.2, 0) is 4.79 Å². The van der Waals surface area contributed by atoms with E-state index in [-0.39, 0.29) is 14.5 Å². The van der Waals surface area contributed by atoms with Crippen molar-refractivity contribution in [3.05, 3.63) is 77.3 Å². The minimum absolute atomic E-state index is 0. The first-order chi connectivity index (χ1) is 14.0. The predicted octanol–water partition coefficient (Wildman–Crippen LogP) is 8.80. The lowest BCUT2D eigenvalue weighted by Gasteiger charge is -1.96. The maximum Gasteiger partial charge on any atom is 0.155 e. The molecule has 1 N–H and O–H groups in total. The molecule has 0 amide bonds. The molecule has 0 radical (unpaired) electrons. The summed E-state index contributed by atoms with van der Waals surface area (Å²) in [5.74, 6) is 0.433. The van der Waals surface area contributed by atoms with E-state index in [2.05, 4.69) is 51.4 Å². The minimum atomic E-state index is -0.218. The quantitative estimate of drug-likeness (QED) is 0.384. The summed E-state index contributed by atoms with van der Waals surface area (Å²) in [5.41, 5.74) is 6.18. The summed E-state index contributed by atoms with van der Waals surface area (Å²) in [6.45, 7) is 19.6. The first kappa shape index (κ1) is 27.3. The number of aromatic amines is 1. The summed E-state index contributed by atoms with van der Waals surface area (Å²) in [6.07, 6.45) is 7.12. The lowest BCUT2D eigenvalue weighted by atomic mass is 10.1. The standard InChI is InChI=1S/C16H16FN.C8H14O.C3H8.2H2/c1-4-11(2)9-14-10-16(18-12(14)3)13-5-7-15(17)8-6-13;1-6(2)5-7(3)8(4)9;1-3-2;;/h4-10,18H,1H2,2-3H3;5-6H,1-4H3;3H2,1-2H3;2*1H/b11-9-;7-5+;;;. The molecule has 30 heavy (non-hydrogen) atoms. The lowest BCUT2D eigenvalue weighted by molar-refractivity contribution is -0.113. The highest BCUT2D eigenvalue weighted by atomic mass is 19.1. The zero-order chi connectivity index (χ0) is 23.3. The number of rotatable bonds is 5. The molecule has 0 aliphatic heterocycles. The number of H-pyrrole nitrogens is 1. The van der Waals surface area contributed by atoms with Gasteiger partial charge in [-0.25, -0.2) is 4.39 Å². The molecule has 1 heterocycles. The average Bonchev–Trinajstić information content (AvgIpc) is 3.03. The van der Waals surface area contributed by atoms with Gasteiger partial charge in [-0.1, -0.05) is 64.5 Å². The van der Waals surface area contributed by atoms with Crippen LogP contribution in [0.25, 0.3) is 17.3 Å². The molecular weight excluding hydrogens is 373 g/mol. The van der Waals surface area contributed by atoms with Crippen LogP contribution in [0.4, 0.5) is 4.39 Å². The summed E-state index contributed by atoms with van der Waals surface area (Å²) in [7, 11) is 0. The van der Waals surface area contributed by atoms with E-state index in [4.69, 9.17) is 0 Å². The molecule has 1 aromatic carbocycles. The smallest absolute Gasteiger partial charge is 0.155 e. The number of Topliss-reactive ketones (excluding diaryl/α,β-unsaturated/α-hetero) is 1. The van der Waals surface area contributed by atoms with E-state index in [1.807, 2.05) is 32.9 Å². The number of aromatic nitrogens is 1. The van der Waals surface area contributed by atoms with Crippen molar-refractivity contribution in [2.75, 3.05) is 0 Å². The number of hydrogen-bond donors (Lipinski definition) is 1. The van der Waals surface area contributed by atoms with Gasteiger partial charge in [0.1, 0.15) is 5.82 Å². The Morgan fingerprint density at radius 1 is 1.17 bits per heavy atom. The first-order valence-electron chi connectivity index (χ1n) is 10.5. The number of aryl methyl sites for hydroxylation is 1. The molecule has 0 aliphatic carbocycles. The number of benzene rings is 1. The second kappa shape index (κ2) is 14.3. The van der Waals surface area contributed by atoms with Crippen LogP contribution in [-0.4, -0.2) is 10.8 Å². The van der Waals surface area contributed by atoms with Gasteiger partial charge in [-0.2, -0.15) is 0 Å². The number of carbonyl (C=O) groups excluding carboxylic acids is 1. The summed E-state index contributed by atoms with van der Waals surface area (Å²) in [6, 6.07) is 8.55. The summed E-state index contributed by atoms with van der Waals surface area (Å²) in [5, 5.41) is 0. The molecule has 168 valence electrons. The fourth-order valence-corrected chi connectivity index (χ4v) is 2.43. The zero-order valence-electron chi connectivity index (χ0n) is 19.9. The maximum absolute atomic E-state index is 12.9. The Kier molecular flexibility index (Phi) is 13.0. The molecule has 0 saturated carbocycles. The molecule has 0 spiro atoms. The van der Waals surface area contributed by atoms with Crippen molar-refractivity contribution in [3.8, 4) is 11.3 Å². The topological polar surface area (TPSA) is 32.9 Å². The first-order valence-corrected chi connectivity index (χ1v) is 10.5. The molecule has 0 atom stereocenters. The van der Waals surface area contributed by atoms with Gasteiger partial charge in [-0.15, -0.1) is 0 Å². The number of allylic oxidation sites excluding steroid dienone is 4. The van der Waals surface area contributed by atoms with Crippen molar-refractivity contribution in [1.82, 2.24) is 4.98 Å². The highest BCUT2D eigenvalue weighted by molar-refractivity contribution is 5.92. The Morgan fingerprint density at radius 2 is 1.70 bits per heavy atom. The van der Waals surface area contributed by atoms with E-state index in [9.17, 15) is 9.18 Å². The fraction of sp³-hybridized carbons (Fsp3) is 0.370. The highest BCUT2D eigenvalue weighted by Gasteiger charge is 2.05. The molecule has 0 fully saturated rings. The monoisotopic (exact) mass is 415 g/mol. The van der Waals surface area contributed by atoms with Gasteiger partial charge in [-0.3, -0.25) is 4.79 Å². The number of carbonyl (C=O) groups is 1. The van der Waals surface area contributed by atoms with E-state index in [1.165, 1.54) is 18.6 Å². The number of ketones is 1. The van der Waals surface area contributed by atoms with Crippen molar-refractivity contribution in [3.63, 3.8) is 0 Å². The van der Waals surface area contributed by atoms with Crippen LogP contribution in [0.2, 0.25) is 0 Å². The van der Waals surface area contributed by atoms with E-state index in [0.29, 0.717) is 5.92 Å². The molecule has 2 rings (SSSR count). The van der Waals surface area contributed by atoms with Crippen LogP contribution >= 0.6 is 0 Å². The summed E-state index contributed by atoms with van der Waals surface area (Å²) >= 11 is 0. The Balaban J connectivity index is -0.000000514. The molecule has 2 aromatic rings. The van der Waals surface area contributed by atoms with Gasteiger partial charge in [0, 0.05) is 14.2 Å². The van der Waals surface area contributed by atoms with Crippen molar-refractivity contribution >= 4 is 11.9 Å². The van der Waals surface area contributed by atoms with Gasteiger partial charge in [0.25, 0.3) is 0 Å². The number of hydrogen-bond acceptors (Lipinski definition) is 1. The number of nitrogens with one attached hydrogen (secondary N) is 1. The number of halogens is 1. The van der Waals surface area contributed by atoms with Gasteiger partial charge in [0.15, 0.2) is 5.78 Å². The Bertz CT molecular complexity index is 862. The SMILES string of the molecule is C=C/C(C)=C\c1cc(-c2ccc(F)cc2)[nH]c1C.CC(=O)/C(C)=C/C(C)C.CCC.[HH].[HH]. The van der Waals surface area contributed by atoms with Crippen LogP contribution in [0, 0.1) is 18.7 Å². The van der Waals surface area contributed by atoms with E-state index in [1.54, 1.807) is 19.1 Å². The average molecular weight is 416 g/mol. The van der Waals surface area contributed by atoms with E-state index >= 15 is 0 Å². The van der Waals surface area contributed by atoms with E-state index < -0.39 is 0 Å².